The molecule has 1 aromatic heterocycles. The number of esters is 1. The Kier molecular flexibility index (Phi) is 7.04. The Morgan fingerprint density at radius 3 is 2.31 bits per heavy atom. The van der Waals surface area contributed by atoms with Crippen molar-refractivity contribution in [3.63, 3.8) is 0 Å². The molecule has 0 amide bonds. The van der Waals surface area contributed by atoms with Crippen molar-refractivity contribution < 1.29 is 13.9 Å². The smallest absolute Gasteiger partial charge is 0.314 e. The summed E-state index contributed by atoms with van der Waals surface area (Å²) in [6.45, 7) is 2.28. The van der Waals surface area contributed by atoms with Crippen LogP contribution in [-0.4, -0.2) is 11.0 Å². The highest BCUT2D eigenvalue weighted by atomic mass is 19.1. The number of halogens is 1. The van der Waals surface area contributed by atoms with Gasteiger partial charge in [0.05, 0.1) is 12.1 Å². The second-order valence-corrected chi connectivity index (χ2v) is 8.27. The van der Waals surface area contributed by atoms with Crippen molar-refractivity contribution in [1.29, 1.82) is 0 Å². The maximum absolute atomic E-state index is 12.8. The van der Waals surface area contributed by atoms with E-state index < -0.39 is 5.95 Å². The minimum Gasteiger partial charge on any atom is -0.425 e. The van der Waals surface area contributed by atoms with Crippen LogP contribution in [-0.2, 0) is 4.79 Å². The van der Waals surface area contributed by atoms with E-state index in [9.17, 15) is 9.18 Å². The highest BCUT2D eigenvalue weighted by molar-refractivity contribution is 5.75. The molecule has 0 aliphatic heterocycles. The lowest BCUT2D eigenvalue weighted by Gasteiger charge is -2.37. The normalized spacial score (nSPS) is 29.3. The minimum atomic E-state index is -0.560. The van der Waals surface area contributed by atoms with Crippen LogP contribution in [0.25, 0.3) is 0 Å². The van der Waals surface area contributed by atoms with Crippen molar-refractivity contribution in [2.24, 2.45) is 23.7 Å². The van der Waals surface area contributed by atoms with E-state index >= 15 is 0 Å². The van der Waals surface area contributed by atoms with Crippen LogP contribution in [0.1, 0.15) is 77.6 Å². The first kappa shape index (κ1) is 19.3. The van der Waals surface area contributed by atoms with Crippen molar-refractivity contribution in [3.05, 3.63) is 24.3 Å². The van der Waals surface area contributed by atoms with E-state index in [1.165, 1.54) is 63.3 Å². The summed E-state index contributed by atoms with van der Waals surface area (Å²) in [6, 6.07) is 2.68. The van der Waals surface area contributed by atoms with Crippen LogP contribution in [0.15, 0.2) is 18.3 Å². The average Bonchev–Trinajstić information content (AvgIpc) is 2.68. The van der Waals surface area contributed by atoms with Gasteiger partial charge >= 0.3 is 5.97 Å². The van der Waals surface area contributed by atoms with Gasteiger partial charge in [0, 0.05) is 0 Å². The number of unbranched alkanes of at least 4 members (excludes halogenated alkanes) is 1. The summed E-state index contributed by atoms with van der Waals surface area (Å²) in [7, 11) is 0. The predicted octanol–water partition coefficient (Wildman–Crippen LogP) is 5.93. The number of carbonyl (C=O) groups excluding carboxylic acids is 1. The molecule has 4 heteroatoms. The SMILES string of the molecule is CCCC[C@H]1CC[C@H]([C@H]2CC[C@H](C(=O)Oc3ccc(F)nc3)CC2)CC1. The van der Waals surface area contributed by atoms with Crippen LogP contribution in [0.3, 0.4) is 0 Å². The molecular weight excluding hydrogens is 329 g/mol. The zero-order valence-electron chi connectivity index (χ0n) is 16.0. The minimum absolute atomic E-state index is 0.0165. The van der Waals surface area contributed by atoms with Gasteiger partial charge in [-0.05, 0) is 68.4 Å². The zero-order valence-corrected chi connectivity index (χ0v) is 16.0. The summed E-state index contributed by atoms with van der Waals surface area (Å²) in [6.07, 6.45) is 15.1. The summed E-state index contributed by atoms with van der Waals surface area (Å²) < 4.78 is 18.2. The molecule has 0 saturated heterocycles. The van der Waals surface area contributed by atoms with Crippen LogP contribution in [0.2, 0.25) is 0 Å². The Bertz CT molecular complexity index is 558. The van der Waals surface area contributed by atoms with Crippen molar-refractivity contribution in [3.8, 4) is 5.75 Å². The van der Waals surface area contributed by atoms with E-state index in [4.69, 9.17) is 4.74 Å². The van der Waals surface area contributed by atoms with Gasteiger partial charge < -0.3 is 4.74 Å². The first-order chi connectivity index (χ1) is 12.7. The zero-order chi connectivity index (χ0) is 18.4. The Labute approximate surface area is 156 Å². The number of aromatic nitrogens is 1. The molecule has 0 aromatic carbocycles. The molecule has 0 bridgehead atoms. The van der Waals surface area contributed by atoms with E-state index in [2.05, 4.69) is 11.9 Å². The number of pyridine rings is 1. The van der Waals surface area contributed by atoms with Gasteiger partial charge in [-0.15, -0.1) is 0 Å². The monoisotopic (exact) mass is 361 g/mol. The molecule has 1 aromatic rings. The molecule has 3 rings (SSSR count). The molecule has 2 saturated carbocycles. The molecule has 3 nitrogen and oxygen atoms in total. The number of carbonyl (C=O) groups is 1. The van der Waals surface area contributed by atoms with E-state index in [1.54, 1.807) is 0 Å². The Morgan fingerprint density at radius 1 is 1.08 bits per heavy atom. The van der Waals surface area contributed by atoms with Crippen molar-refractivity contribution in [2.75, 3.05) is 0 Å². The molecule has 0 atom stereocenters. The van der Waals surface area contributed by atoms with Gasteiger partial charge in [-0.1, -0.05) is 39.0 Å². The Hall–Kier alpha value is -1.45. The first-order valence-electron chi connectivity index (χ1n) is 10.5. The standard InChI is InChI=1S/C22H32FNO2/c1-2-3-4-16-5-7-17(8-6-16)18-9-11-19(12-10-18)22(25)26-20-13-14-21(23)24-15-20/h13-19H,2-12H2,1H3/t16-,17-,18-,19-. The van der Waals surface area contributed by atoms with E-state index in [-0.39, 0.29) is 11.9 Å². The van der Waals surface area contributed by atoms with Gasteiger partial charge in [-0.25, -0.2) is 4.98 Å². The first-order valence-corrected chi connectivity index (χ1v) is 10.5. The summed E-state index contributed by atoms with van der Waals surface area (Å²) >= 11 is 0. The number of nitrogens with zero attached hydrogens (tertiary/aromatic N) is 1. The second-order valence-electron chi connectivity index (χ2n) is 8.27. The summed E-state index contributed by atoms with van der Waals surface area (Å²) in [5, 5.41) is 0. The number of hydrogen-bond acceptors (Lipinski definition) is 3. The lowest BCUT2D eigenvalue weighted by molar-refractivity contribution is -0.140. The van der Waals surface area contributed by atoms with E-state index in [0.717, 1.165) is 43.4 Å². The van der Waals surface area contributed by atoms with Gasteiger partial charge in [0.25, 0.3) is 0 Å². The molecule has 0 N–H and O–H groups in total. The third-order valence-corrected chi connectivity index (χ3v) is 6.55. The summed E-state index contributed by atoms with van der Waals surface area (Å²) in [5.41, 5.74) is 0. The van der Waals surface area contributed by atoms with Crippen molar-refractivity contribution in [2.45, 2.75) is 77.6 Å². The summed E-state index contributed by atoms with van der Waals surface area (Å²) in [4.78, 5) is 15.9. The van der Waals surface area contributed by atoms with Crippen LogP contribution in [0.5, 0.6) is 5.75 Å². The van der Waals surface area contributed by atoms with Gasteiger partial charge in [0.2, 0.25) is 5.95 Å². The number of ether oxygens (including phenoxy) is 1. The second kappa shape index (κ2) is 9.48. The van der Waals surface area contributed by atoms with Crippen LogP contribution < -0.4 is 4.74 Å². The van der Waals surface area contributed by atoms with Gasteiger partial charge in [-0.3, -0.25) is 4.79 Å². The van der Waals surface area contributed by atoms with Crippen LogP contribution in [0, 0.1) is 29.6 Å². The van der Waals surface area contributed by atoms with Gasteiger partial charge in [0.1, 0.15) is 5.75 Å². The maximum atomic E-state index is 12.8. The number of rotatable bonds is 6. The topological polar surface area (TPSA) is 39.2 Å². The Morgan fingerprint density at radius 2 is 1.73 bits per heavy atom. The molecular formula is C22H32FNO2. The third kappa shape index (κ3) is 5.28. The van der Waals surface area contributed by atoms with Crippen molar-refractivity contribution >= 4 is 5.97 Å². The fourth-order valence-corrected chi connectivity index (χ4v) is 4.89. The Balaban J connectivity index is 1.40. The largest absolute Gasteiger partial charge is 0.425 e. The third-order valence-electron chi connectivity index (χ3n) is 6.55. The molecule has 2 aliphatic carbocycles. The maximum Gasteiger partial charge on any atom is 0.314 e. The van der Waals surface area contributed by atoms with Gasteiger partial charge in [-0.2, -0.15) is 4.39 Å². The molecule has 1 heterocycles. The lowest BCUT2D eigenvalue weighted by Crippen LogP contribution is -2.30. The fourth-order valence-electron chi connectivity index (χ4n) is 4.89. The number of hydrogen-bond donors (Lipinski definition) is 0. The van der Waals surface area contributed by atoms with Crippen LogP contribution >= 0.6 is 0 Å². The molecule has 26 heavy (non-hydrogen) atoms. The molecule has 0 unspecified atom stereocenters. The van der Waals surface area contributed by atoms with Gasteiger partial charge in [0.15, 0.2) is 0 Å². The molecule has 2 fully saturated rings. The molecule has 0 spiro atoms. The highest BCUT2D eigenvalue weighted by Crippen LogP contribution is 2.42. The summed E-state index contributed by atoms with van der Waals surface area (Å²) in [5.74, 6) is 2.20. The quantitative estimate of drug-likeness (QED) is 0.466. The van der Waals surface area contributed by atoms with E-state index in [0.29, 0.717) is 5.75 Å². The van der Waals surface area contributed by atoms with Crippen LogP contribution in [0.4, 0.5) is 4.39 Å². The fraction of sp³-hybridized carbons (Fsp3) is 0.727. The predicted molar refractivity (Wildman–Crippen MR) is 100 cm³/mol. The molecule has 0 radical (unpaired) electrons. The molecule has 144 valence electrons. The van der Waals surface area contributed by atoms with E-state index in [1.807, 2.05) is 0 Å². The van der Waals surface area contributed by atoms with Crippen molar-refractivity contribution in [1.82, 2.24) is 4.98 Å². The highest BCUT2D eigenvalue weighted by Gasteiger charge is 2.33. The average molecular weight is 362 g/mol. The molecule has 2 aliphatic rings. The lowest BCUT2D eigenvalue weighted by atomic mass is 9.68.